The number of benzene rings is 1. The number of nitrogens with zero attached hydrogens (tertiary/aromatic N) is 1. The van der Waals surface area contributed by atoms with Crippen LogP contribution in [0, 0.1) is 18.6 Å². The van der Waals surface area contributed by atoms with Crippen molar-refractivity contribution in [1.82, 2.24) is 4.90 Å². The van der Waals surface area contributed by atoms with Gasteiger partial charge in [-0.3, -0.25) is 4.79 Å². The molecule has 0 bridgehead atoms. The van der Waals surface area contributed by atoms with Crippen LogP contribution in [0.4, 0.5) is 8.78 Å². The molecule has 1 aromatic carbocycles. The van der Waals surface area contributed by atoms with Gasteiger partial charge in [-0.15, -0.1) is 0 Å². The van der Waals surface area contributed by atoms with Gasteiger partial charge >= 0.3 is 0 Å². The van der Waals surface area contributed by atoms with Crippen molar-refractivity contribution in [2.45, 2.75) is 44.8 Å². The largest absolute Gasteiger partial charge is 0.376 e. The molecule has 0 N–H and O–H groups in total. The van der Waals surface area contributed by atoms with Crippen molar-refractivity contribution in [3.8, 4) is 0 Å². The average molecular weight is 339 g/mol. The van der Waals surface area contributed by atoms with Gasteiger partial charge in [0.15, 0.2) is 11.6 Å². The van der Waals surface area contributed by atoms with E-state index in [1.807, 2.05) is 6.92 Å². The normalized spacial score (nSPS) is 23.0. The Balaban J connectivity index is 1.65. The number of amides is 1. The number of piperidine rings is 1. The number of carbonyl (C=O) groups is 1. The fourth-order valence-corrected chi connectivity index (χ4v) is 3.66. The fourth-order valence-electron chi connectivity index (χ4n) is 3.66. The van der Waals surface area contributed by atoms with Crippen molar-refractivity contribution >= 4 is 5.91 Å². The molecule has 2 saturated heterocycles. The smallest absolute Gasteiger partial charge is 0.254 e. The fraction of sp³-hybridized carbons (Fsp3) is 0.611. The highest BCUT2D eigenvalue weighted by Crippen LogP contribution is 2.37. The van der Waals surface area contributed by atoms with Gasteiger partial charge in [-0.1, -0.05) is 0 Å². The highest BCUT2D eigenvalue weighted by molar-refractivity contribution is 5.95. The molecular weight excluding hydrogens is 316 g/mol. The molecule has 2 heterocycles. The zero-order valence-electron chi connectivity index (χ0n) is 14.1. The van der Waals surface area contributed by atoms with Gasteiger partial charge in [-0.2, -0.15) is 0 Å². The van der Waals surface area contributed by atoms with E-state index in [1.165, 1.54) is 0 Å². The van der Waals surface area contributed by atoms with Crippen LogP contribution in [0.3, 0.4) is 0 Å². The van der Waals surface area contributed by atoms with Gasteiger partial charge in [-0.25, -0.2) is 8.78 Å². The Morgan fingerprint density at radius 2 is 2.00 bits per heavy atom. The summed E-state index contributed by atoms with van der Waals surface area (Å²) in [7, 11) is 0. The summed E-state index contributed by atoms with van der Waals surface area (Å²) in [5.41, 5.74) is 0.469. The van der Waals surface area contributed by atoms with Gasteiger partial charge in [0.2, 0.25) is 0 Å². The molecule has 1 atom stereocenters. The maximum absolute atomic E-state index is 13.5. The highest BCUT2D eigenvalue weighted by atomic mass is 19.2. The summed E-state index contributed by atoms with van der Waals surface area (Å²) in [6.07, 6.45) is 2.47. The van der Waals surface area contributed by atoms with Gasteiger partial charge in [0.05, 0.1) is 18.3 Å². The van der Waals surface area contributed by atoms with Gasteiger partial charge in [0, 0.05) is 31.7 Å². The van der Waals surface area contributed by atoms with Crippen LogP contribution in [-0.4, -0.2) is 48.8 Å². The molecule has 2 fully saturated rings. The van der Waals surface area contributed by atoms with E-state index < -0.39 is 11.6 Å². The molecule has 2 aliphatic rings. The topological polar surface area (TPSA) is 38.8 Å². The first-order chi connectivity index (χ1) is 11.4. The first-order valence-electron chi connectivity index (χ1n) is 8.44. The van der Waals surface area contributed by atoms with E-state index in [2.05, 4.69) is 0 Å². The number of halogens is 2. The van der Waals surface area contributed by atoms with E-state index in [9.17, 15) is 13.6 Å². The molecule has 1 aromatic rings. The molecule has 24 heavy (non-hydrogen) atoms. The first-order valence-corrected chi connectivity index (χ1v) is 8.44. The Bertz CT molecular complexity index is 627. The van der Waals surface area contributed by atoms with Crippen LogP contribution in [0.15, 0.2) is 12.1 Å². The Labute approximate surface area is 140 Å². The average Bonchev–Trinajstić information content (AvgIpc) is 2.94. The molecule has 0 aromatic heterocycles. The third-order valence-corrected chi connectivity index (χ3v) is 5.04. The predicted octanol–water partition coefficient (Wildman–Crippen LogP) is 3.07. The quantitative estimate of drug-likeness (QED) is 0.849. The molecule has 1 amide bonds. The van der Waals surface area contributed by atoms with Gasteiger partial charge in [0.25, 0.3) is 5.91 Å². The summed E-state index contributed by atoms with van der Waals surface area (Å²) in [6.45, 7) is 5.96. The van der Waals surface area contributed by atoms with Crippen LogP contribution < -0.4 is 0 Å². The van der Waals surface area contributed by atoms with Crippen LogP contribution in [-0.2, 0) is 9.47 Å². The monoisotopic (exact) mass is 339 g/mol. The van der Waals surface area contributed by atoms with Crippen LogP contribution in [0.2, 0.25) is 0 Å². The second kappa shape index (κ2) is 6.76. The van der Waals surface area contributed by atoms with Crippen LogP contribution in [0.5, 0.6) is 0 Å². The molecule has 0 unspecified atom stereocenters. The summed E-state index contributed by atoms with van der Waals surface area (Å²) >= 11 is 0. The van der Waals surface area contributed by atoms with E-state index in [0.717, 1.165) is 31.4 Å². The molecule has 0 saturated carbocycles. The number of ether oxygens (including phenoxy) is 2. The van der Waals surface area contributed by atoms with Crippen molar-refractivity contribution in [1.29, 1.82) is 0 Å². The number of rotatable bonds is 3. The van der Waals surface area contributed by atoms with E-state index in [0.29, 0.717) is 31.9 Å². The van der Waals surface area contributed by atoms with Gasteiger partial charge in [-0.05, 0) is 44.4 Å². The Morgan fingerprint density at radius 1 is 1.33 bits per heavy atom. The number of hydrogen-bond donors (Lipinski definition) is 0. The van der Waals surface area contributed by atoms with Crippen molar-refractivity contribution < 1.29 is 23.0 Å². The molecule has 4 nitrogen and oxygen atoms in total. The lowest BCUT2D eigenvalue weighted by Gasteiger charge is -2.38. The van der Waals surface area contributed by atoms with Crippen molar-refractivity contribution in [2.24, 2.45) is 0 Å². The summed E-state index contributed by atoms with van der Waals surface area (Å²) in [5.74, 6) is -2.17. The number of carbonyl (C=O) groups excluding carboxylic acids is 1. The van der Waals surface area contributed by atoms with Gasteiger partial charge < -0.3 is 14.4 Å². The number of likely N-dealkylation sites (tertiary alicyclic amines) is 1. The Kier molecular flexibility index (Phi) is 4.88. The zero-order valence-corrected chi connectivity index (χ0v) is 14.1. The molecule has 6 heteroatoms. The number of aryl methyl sites for hydroxylation is 1. The lowest BCUT2D eigenvalue weighted by molar-refractivity contribution is -0.0407. The summed E-state index contributed by atoms with van der Waals surface area (Å²) in [6, 6.07) is 2.06. The standard InChI is InChI=1S/C18H23F2NO3/c1-3-23-13-10-18(24-11-13)4-6-21(7-5-18)17(22)14-9-16(20)15(19)8-12(14)2/h8-9,13H,3-7,10-11H2,1-2H3/t13-/m1/s1. The van der Waals surface area contributed by atoms with E-state index in [-0.39, 0.29) is 23.2 Å². The van der Waals surface area contributed by atoms with Crippen LogP contribution >= 0.6 is 0 Å². The van der Waals surface area contributed by atoms with Crippen molar-refractivity contribution in [3.63, 3.8) is 0 Å². The minimum Gasteiger partial charge on any atom is -0.376 e. The minimum absolute atomic E-state index is 0.130. The van der Waals surface area contributed by atoms with Crippen LogP contribution in [0.25, 0.3) is 0 Å². The Hall–Kier alpha value is -1.53. The third kappa shape index (κ3) is 3.30. The summed E-state index contributed by atoms with van der Waals surface area (Å²) in [5, 5.41) is 0. The maximum atomic E-state index is 13.5. The second-order valence-corrected chi connectivity index (χ2v) is 6.65. The van der Waals surface area contributed by atoms with Crippen LogP contribution in [0.1, 0.15) is 42.1 Å². The van der Waals surface area contributed by atoms with Crippen molar-refractivity contribution in [2.75, 3.05) is 26.3 Å². The molecular formula is C18H23F2NO3. The summed E-state index contributed by atoms with van der Waals surface area (Å²) < 4.78 is 38.3. The molecule has 132 valence electrons. The maximum Gasteiger partial charge on any atom is 0.254 e. The van der Waals surface area contributed by atoms with Gasteiger partial charge in [0.1, 0.15) is 0 Å². The first kappa shape index (κ1) is 17.3. The van der Waals surface area contributed by atoms with E-state index in [4.69, 9.17) is 9.47 Å². The lowest BCUT2D eigenvalue weighted by atomic mass is 9.87. The third-order valence-electron chi connectivity index (χ3n) is 5.04. The highest BCUT2D eigenvalue weighted by Gasteiger charge is 2.43. The molecule has 0 radical (unpaired) electrons. The lowest BCUT2D eigenvalue weighted by Crippen LogP contribution is -2.46. The SMILES string of the molecule is CCO[C@H]1COC2(CCN(C(=O)c3cc(F)c(F)cc3C)CC2)C1. The molecule has 0 aliphatic carbocycles. The summed E-state index contributed by atoms with van der Waals surface area (Å²) in [4.78, 5) is 14.3. The molecule has 2 aliphatic heterocycles. The number of hydrogen-bond acceptors (Lipinski definition) is 3. The van der Waals surface area contributed by atoms with Crippen molar-refractivity contribution in [3.05, 3.63) is 34.9 Å². The van der Waals surface area contributed by atoms with E-state index >= 15 is 0 Å². The molecule has 1 spiro atoms. The zero-order chi connectivity index (χ0) is 17.3. The minimum atomic E-state index is -0.990. The van der Waals surface area contributed by atoms with E-state index in [1.54, 1.807) is 11.8 Å². The Morgan fingerprint density at radius 3 is 2.67 bits per heavy atom. The second-order valence-electron chi connectivity index (χ2n) is 6.65. The predicted molar refractivity (Wildman–Crippen MR) is 84.9 cm³/mol. The molecule has 3 rings (SSSR count).